The Morgan fingerprint density at radius 1 is 1.32 bits per heavy atom. The van der Waals surface area contributed by atoms with Crippen LogP contribution in [0.4, 0.5) is 5.69 Å². The van der Waals surface area contributed by atoms with Gasteiger partial charge in [0.2, 0.25) is 5.91 Å². The fourth-order valence-corrected chi connectivity index (χ4v) is 3.14. The summed E-state index contributed by atoms with van der Waals surface area (Å²) in [7, 11) is 0. The van der Waals surface area contributed by atoms with Gasteiger partial charge in [-0.1, -0.05) is 6.92 Å². The van der Waals surface area contributed by atoms with Crippen molar-refractivity contribution in [1.82, 2.24) is 9.97 Å². The third-order valence-corrected chi connectivity index (χ3v) is 4.13. The van der Waals surface area contributed by atoms with Crippen LogP contribution in [0, 0.1) is 23.2 Å². The van der Waals surface area contributed by atoms with Crippen molar-refractivity contribution in [3.05, 3.63) is 30.1 Å². The van der Waals surface area contributed by atoms with Gasteiger partial charge in [0.25, 0.3) is 0 Å². The van der Waals surface area contributed by atoms with Gasteiger partial charge in [0.1, 0.15) is 17.1 Å². The van der Waals surface area contributed by atoms with E-state index in [1.54, 1.807) is 18.5 Å². The Bertz CT molecular complexity index is 767. The van der Waals surface area contributed by atoms with Gasteiger partial charge >= 0.3 is 0 Å². The average Bonchev–Trinajstić information content (AvgIpc) is 2.53. The lowest BCUT2D eigenvalue weighted by Crippen LogP contribution is -2.44. The molecular weight excluding hydrogens is 278 g/mol. The zero-order valence-electron chi connectivity index (χ0n) is 12.4. The van der Waals surface area contributed by atoms with Crippen molar-refractivity contribution in [2.45, 2.75) is 13.3 Å². The molecule has 0 saturated carbocycles. The van der Waals surface area contributed by atoms with E-state index in [4.69, 9.17) is 5.73 Å². The summed E-state index contributed by atoms with van der Waals surface area (Å²) in [6.45, 7) is 3.53. The van der Waals surface area contributed by atoms with Crippen molar-refractivity contribution in [1.29, 1.82) is 5.26 Å². The number of hydrogen-bond acceptors (Lipinski definition) is 5. The molecule has 6 heteroatoms. The van der Waals surface area contributed by atoms with Gasteiger partial charge in [0.05, 0.1) is 17.2 Å². The van der Waals surface area contributed by atoms with E-state index < -0.39 is 0 Å². The van der Waals surface area contributed by atoms with Crippen LogP contribution in [0.25, 0.3) is 11.0 Å². The van der Waals surface area contributed by atoms with E-state index in [2.05, 4.69) is 27.9 Å². The van der Waals surface area contributed by atoms with Gasteiger partial charge in [-0.15, -0.1) is 0 Å². The highest BCUT2D eigenvalue weighted by Gasteiger charge is 2.29. The van der Waals surface area contributed by atoms with E-state index in [9.17, 15) is 10.1 Å². The average molecular weight is 295 g/mol. The Balaban J connectivity index is 2.07. The summed E-state index contributed by atoms with van der Waals surface area (Å²) in [5.74, 6) is -0.0553. The largest absolute Gasteiger partial charge is 0.369 e. The number of amides is 1. The maximum atomic E-state index is 11.6. The van der Waals surface area contributed by atoms with E-state index in [0.29, 0.717) is 29.1 Å². The molecule has 0 unspecified atom stereocenters. The topological polar surface area (TPSA) is 95.9 Å². The van der Waals surface area contributed by atoms with Gasteiger partial charge in [-0.25, -0.2) is 0 Å². The van der Waals surface area contributed by atoms with Crippen LogP contribution in [0.15, 0.2) is 24.5 Å². The smallest absolute Gasteiger partial charge is 0.222 e. The molecule has 2 N–H and O–H groups in total. The molecule has 1 amide bonds. The van der Waals surface area contributed by atoms with Crippen LogP contribution >= 0.6 is 0 Å². The minimum Gasteiger partial charge on any atom is -0.369 e. The summed E-state index contributed by atoms with van der Waals surface area (Å²) in [6, 6.07) is 5.78. The van der Waals surface area contributed by atoms with Crippen molar-refractivity contribution in [2.75, 3.05) is 18.0 Å². The summed E-state index contributed by atoms with van der Waals surface area (Å²) < 4.78 is 0. The van der Waals surface area contributed by atoms with Crippen molar-refractivity contribution in [3.63, 3.8) is 0 Å². The van der Waals surface area contributed by atoms with Gasteiger partial charge in [-0.3, -0.25) is 14.8 Å². The number of anilines is 1. The number of nitrogens with two attached hydrogens (primary N) is 1. The molecule has 2 atom stereocenters. The number of rotatable bonds is 2. The van der Waals surface area contributed by atoms with E-state index in [-0.39, 0.29) is 11.8 Å². The van der Waals surface area contributed by atoms with Gasteiger partial charge < -0.3 is 10.6 Å². The highest BCUT2D eigenvalue weighted by molar-refractivity contribution is 5.92. The number of hydrogen-bond donors (Lipinski definition) is 1. The third-order valence-electron chi connectivity index (χ3n) is 4.13. The summed E-state index contributed by atoms with van der Waals surface area (Å²) in [6.07, 6.45) is 4.01. The molecule has 3 rings (SSSR count). The summed E-state index contributed by atoms with van der Waals surface area (Å²) in [4.78, 5) is 22.4. The Hall–Kier alpha value is -2.68. The molecule has 1 aliphatic heterocycles. The SMILES string of the molecule is C[C@H]1C[C@@H](C(N)=O)CN(c2ccc(C#N)c3nccnc23)C1. The van der Waals surface area contributed by atoms with Crippen molar-refractivity contribution >= 4 is 22.6 Å². The van der Waals surface area contributed by atoms with E-state index in [1.165, 1.54) is 0 Å². The van der Waals surface area contributed by atoms with Crippen LogP contribution in [0.2, 0.25) is 0 Å². The maximum absolute atomic E-state index is 11.6. The lowest BCUT2D eigenvalue weighted by atomic mass is 9.89. The number of nitriles is 1. The lowest BCUT2D eigenvalue weighted by Gasteiger charge is -2.37. The Kier molecular flexibility index (Phi) is 3.63. The highest BCUT2D eigenvalue weighted by atomic mass is 16.1. The second kappa shape index (κ2) is 5.60. The van der Waals surface area contributed by atoms with Crippen LogP contribution in [0.3, 0.4) is 0 Å². The molecule has 1 aliphatic rings. The molecule has 0 spiro atoms. The minimum atomic E-state index is -0.263. The molecule has 1 saturated heterocycles. The maximum Gasteiger partial charge on any atom is 0.222 e. The quantitative estimate of drug-likeness (QED) is 0.904. The standard InChI is InChI=1S/C16H17N5O/c1-10-6-12(16(18)22)9-21(8-10)13-3-2-11(7-17)14-15(13)20-5-4-19-14/h2-5,10,12H,6,8-9H2,1H3,(H2,18,22)/t10-,12+/m0/s1. The number of benzene rings is 1. The van der Waals surface area contributed by atoms with Crippen LogP contribution in [-0.4, -0.2) is 29.0 Å². The van der Waals surface area contributed by atoms with Crippen LogP contribution in [-0.2, 0) is 4.79 Å². The van der Waals surface area contributed by atoms with Crippen molar-refractivity contribution in [3.8, 4) is 6.07 Å². The number of piperidine rings is 1. The fraction of sp³-hybridized carbons (Fsp3) is 0.375. The summed E-state index contributed by atoms with van der Waals surface area (Å²) in [5, 5.41) is 9.20. The Labute approximate surface area is 128 Å². The molecule has 1 aromatic heterocycles. The van der Waals surface area contributed by atoms with Gasteiger partial charge in [-0.2, -0.15) is 5.26 Å². The molecule has 6 nitrogen and oxygen atoms in total. The first-order valence-electron chi connectivity index (χ1n) is 7.28. The third kappa shape index (κ3) is 2.46. The first kappa shape index (κ1) is 14.3. The summed E-state index contributed by atoms with van der Waals surface area (Å²) in [5.41, 5.74) is 8.18. The molecule has 1 aromatic carbocycles. The molecule has 0 radical (unpaired) electrons. The molecule has 0 aliphatic carbocycles. The zero-order chi connectivity index (χ0) is 15.7. The number of carbonyl (C=O) groups excluding carboxylic acids is 1. The van der Waals surface area contributed by atoms with Gasteiger partial charge in [0, 0.05) is 25.5 Å². The van der Waals surface area contributed by atoms with E-state index in [1.807, 2.05) is 6.07 Å². The Morgan fingerprint density at radius 2 is 2.05 bits per heavy atom. The molecule has 0 bridgehead atoms. The summed E-state index contributed by atoms with van der Waals surface area (Å²) >= 11 is 0. The van der Waals surface area contributed by atoms with Crippen molar-refractivity contribution < 1.29 is 4.79 Å². The molecule has 112 valence electrons. The second-order valence-electron chi connectivity index (χ2n) is 5.84. The number of fused-ring (bicyclic) bond motifs is 1. The minimum absolute atomic E-state index is 0.161. The van der Waals surface area contributed by atoms with Crippen LogP contribution in [0.5, 0.6) is 0 Å². The number of aromatic nitrogens is 2. The Morgan fingerprint density at radius 3 is 2.73 bits per heavy atom. The normalized spacial score (nSPS) is 21.5. The molecular formula is C16H17N5O. The van der Waals surface area contributed by atoms with Crippen LogP contribution < -0.4 is 10.6 Å². The monoisotopic (exact) mass is 295 g/mol. The predicted octanol–water partition coefficient (Wildman–Crippen LogP) is 1.45. The predicted molar refractivity (Wildman–Crippen MR) is 82.9 cm³/mol. The van der Waals surface area contributed by atoms with Gasteiger partial charge in [0.15, 0.2) is 0 Å². The highest BCUT2D eigenvalue weighted by Crippen LogP contribution is 2.31. The molecule has 1 fully saturated rings. The molecule has 2 heterocycles. The zero-order valence-corrected chi connectivity index (χ0v) is 12.4. The number of carbonyl (C=O) groups is 1. The van der Waals surface area contributed by atoms with Crippen molar-refractivity contribution in [2.24, 2.45) is 17.6 Å². The second-order valence-corrected chi connectivity index (χ2v) is 5.84. The van der Waals surface area contributed by atoms with Gasteiger partial charge in [-0.05, 0) is 24.5 Å². The number of primary amides is 1. The first-order chi connectivity index (χ1) is 10.6. The molecule has 22 heavy (non-hydrogen) atoms. The van der Waals surface area contributed by atoms with Crippen LogP contribution in [0.1, 0.15) is 18.9 Å². The molecule has 2 aromatic rings. The van der Waals surface area contributed by atoms with E-state index in [0.717, 1.165) is 18.7 Å². The number of nitrogens with zero attached hydrogens (tertiary/aromatic N) is 4. The first-order valence-corrected chi connectivity index (χ1v) is 7.28. The fourth-order valence-electron chi connectivity index (χ4n) is 3.14. The van der Waals surface area contributed by atoms with E-state index >= 15 is 0 Å². The lowest BCUT2D eigenvalue weighted by molar-refractivity contribution is -0.122.